The van der Waals surface area contributed by atoms with E-state index in [1.54, 1.807) is 33.1 Å². The molecule has 0 unspecified atom stereocenters. The highest BCUT2D eigenvalue weighted by molar-refractivity contribution is 7.10. The number of carbonyl (C=O) groups is 3. The van der Waals surface area contributed by atoms with Crippen molar-refractivity contribution in [2.45, 2.75) is 38.8 Å². The Hall–Kier alpha value is -2.29. The first-order valence-electron chi connectivity index (χ1n) is 7.39. The van der Waals surface area contributed by atoms with Crippen molar-refractivity contribution < 1.29 is 19.1 Å². The molecule has 0 radical (unpaired) electrons. The van der Waals surface area contributed by atoms with Gasteiger partial charge in [0.25, 0.3) is 5.91 Å². The van der Waals surface area contributed by atoms with Crippen molar-refractivity contribution in [1.82, 2.24) is 10.2 Å². The predicted molar refractivity (Wildman–Crippen MR) is 90.7 cm³/mol. The fourth-order valence-corrected chi connectivity index (χ4v) is 3.05. The summed E-state index contributed by atoms with van der Waals surface area (Å²) in [5, 5.41) is 4.24. The minimum atomic E-state index is -1.31. The van der Waals surface area contributed by atoms with Crippen LogP contribution in [-0.2, 0) is 9.53 Å². The Bertz CT molecular complexity index is 686. The number of thiophene rings is 1. The Morgan fingerprint density at radius 3 is 2.33 bits per heavy atom. The second-order valence-corrected chi connectivity index (χ2v) is 7.94. The van der Waals surface area contributed by atoms with Crippen LogP contribution < -0.4 is 16.8 Å². The SMILES string of the molecule is Cc1scc(C(=O)NC2(C(N)=O)CN(C(=O)OC(C)(C)C)C2)c1N. The molecule has 1 fully saturated rings. The minimum absolute atomic E-state index is 0.0357. The molecule has 132 valence electrons. The number of likely N-dealkylation sites (tertiary alicyclic amines) is 1. The van der Waals surface area contributed by atoms with E-state index in [1.807, 2.05) is 0 Å². The average Bonchev–Trinajstić information content (AvgIpc) is 2.71. The van der Waals surface area contributed by atoms with Crippen LogP contribution in [0.1, 0.15) is 36.0 Å². The highest BCUT2D eigenvalue weighted by Gasteiger charge is 2.52. The number of nitrogen functional groups attached to an aromatic ring is 1. The molecule has 0 atom stereocenters. The molecule has 1 aliphatic heterocycles. The highest BCUT2D eigenvalue weighted by atomic mass is 32.1. The fourth-order valence-electron chi connectivity index (χ4n) is 2.28. The van der Waals surface area contributed by atoms with Gasteiger partial charge < -0.3 is 26.4 Å². The van der Waals surface area contributed by atoms with Crippen molar-refractivity contribution in [3.8, 4) is 0 Å². The second kappa shape index (κ2) is 5.97. The first-order chi connectivity index (χ1) is 10.9. The van der Waals surface area contributed by atoms with Crippen molar-refractivity contribution in [2.75, 3.05) is 18.8 Å². The van der Waals surface area contributed by atoms with Gasteiger partial charge in [0.15, 0.2) is 5.54 Å². The lowest BCUT2D eigenvalue weighted by Crippen LogP contribution is -2.76. The number of hydrogen-bond acceptors (Lipinski definition) is 6. The minimum Gasteiger partial charge on any atom is -0.444 e. The van der Waals surface area contributed by atoms with E-state index in [0.717, 1.165) is 4.88 Å². The number of ether oxygens (including phenoxy) is 1. The molecule has 3 amide bonds. The van der Waals surface area contributed by atoms with Crippen LogP contribution in [-0.4, -0.2) is 47.0 Å². The maximum atomic E-state index is 12.4. The summed E-state index contributed by atoms with van der Waals surface area (Å²) in [7, 11) is 0. The molecule has 5 N–H and O–H groups in total. The molecule has 0 aromatic carbocycles. The molecule has 0 aliphatic carbocycles. The van der Waals surface area contributed by atoms with Crippen molar-refractivity contribution >= 4 is 34.9 Å². The lowest BCUT2D eigenvalue weighted by atomic mass is 9.89. The number of carbonyl (C=O) groups excluding carboxylic acids is 3. The van der Waals surface area contributed by atoms with Gasteiger partial charge >= 0.3 is 6.09 Å². The Morgan fingerprint density at radius 1 is 1.33 bits per heavy atom. The van der Waals surface area contributed by atoms with Crippen molar-refractivity contribution in [3.63, 3.8) is 0 Å². The van der Waals surface area contributed by atoms with E-state index in [4.69, 9.17) is 16.2 Å². The number of hydrogen-bond donors (Lipinski definition) is 3. The Morgan fingerprint density at radius 2 is 1.92 bits per heavy atom. The maximum absolute atomic E-state index is 12.4. The molecule has 1 aliphatic rings. The van der Waals surface area contributed by atoms with Crippen LogP contribution in [0.4, 0.5) is 10.5 Å². The van der Waals surface area contributed by atoms with Crippen LogP contribution in [0.25, 0.3) is 0 Å². The molecular formula is C15H22N4O4S. The average molecular weight is 354 g/mol. The number of nitrogens with two attached hydrogens (primary N) is 2. The second-order valence-electron chi connectivity index (χ2n) is 6.86. The topological polar surface area (TPSA) is 128 Å². The maximum Gasteiger partial charge on any atom is 0.410 e. The van der Waals surface area contributed by atoms with Gasteiger partial charge in [-0.15, -0.1) is 11.3 Å². The lowest BCUT2D eigenvalue weighted by molar-refractivity contribution is -0.130. The van der Waals surface area contributed by atoms with E-state index < -0.39 is 29.0 Å². The van der Waals surface area contributed by atoms with E-state index >= 15 is 0 Å². The van der Waals surface area contributed by atoms with Gasteiger partial charge in [0, 0.05) is 10.3 Å². The molecule has 0 bridgehead atoms. The van der Waals surface area contributed by atoms with Crippen LogP contribution >= 0.6 is 11.3 Å². The molecule has 9 heteroatoms. The molecule has 0 spiro atoms. The van der Waals surface area contributed by atoms with Gasteiger partial charge in [-0.2, -0.15) is 0 Å². The molecule has 24 heavy (non-hydrogen) atoms. The number of amides is 3. The zero-order chi connectivity index (χ0) is 18.3. The van der Waals surface area contributed by atoms with Crippen molar-refractivity contribution in [3.05, 3.63) is 15.8 Å². The standard InChI is InChI=1S/C15H22N4O4S/c1-8-10(16)9(5-24-8)11(20)18-15(12(17)21)6-19(7-15)13(22)23-14(2,3)4/h5H,6-7,16H2,1-4H3,(H2,17,21)(H,18,20). The number of nitrogens with one attached hydrogen (secondary N) is 1. The Labute approximate surface area is 144 Å². The molecule has 2 heterocycles. The van der Waals surface area contributed by atoms with Gasteiger partial charge in [0.05, 0.1) is 24.3 Å². The van der Waals surface area contributed by atoms with Crippen LogP contribution in [0, 0.1) is 6.92 Å². The van der Waals surface area contributed by atoms with Crippen LogP contribution in [0.3, 0.4) is 0 Å². The first-order valence-corrected chi connectivity index (χ1v) is 8.27. The van der Waals surface area contributed by atoms with Gasteiger partial charge in [0.1, 0.15) is 5.60 Å². The van der Waals surface area contributed by atoms with Gasteiger partial charge in [-0.05, 0) is 27.7 Å². The predicted octanol–water partition coefficient (Wildman–Crippen LogP) is 0.843. The van der Waals surface area contributed by atoms with Gasteiger partial charge in [-0.25, -0.2) is 4.79 Å². The fraction of sp³-hybridized carbons (Fsp3) is 0.533. The van der Waals surface area contributed by atoms with Crippen molar-refractivity contribution in [2.24, 2.45) is 5.73 Å². The summed E-state index contributed by atoms with van der Waals surface area (Å²) >= 11 is 1.34. The quantitative estimate of drug-likeness (QED) is 0.741. The normalized spacial score (nSPS) is 16.2. The number of anilines is 1. The molecule has 0 saturated carbocycles. The summed E-state index contributed by atoms with van der Waals surface area (Å²) in [6, 6.07) is 0. The molecule has 1 aromatic heterocycles. The third-order valence-corrected chi connectivity index (χ3v) is 4.59. The van der Waals surface area contributed by atoms with E-state index in [9.17, 15) is 14.4 Å². The monoisotopic (exact) mass is 354 g/mol. The summed E-state index contributed by atoms with van der Waals surface area (Å²) < 4.78 is 5.23. The first kappa shape index (κ1) is 18.1. The third kappa shape index (κ3) is 3.45. The van der Waals surface area contributed by atoms with Gasteiger partial charge in [-0.3, -0.25) is 9.59 Å². The zero-order valence-corrected chi connectivity index (χ0v) is 15.0. The van der Waals surface area contributed by atoms with Gasteiger partial charge in [0.2, 0.25) is 5.91 Å². The van der Waals surface area contributed by atoms with E-state index in [2.05, 4.69) is 5.32 Å². The summed E-state index contributed by atoms with van der Waals surface area (Å²) in [6.45, 7) is 6.96. The highest BCUT2D eigenvalue weighted by Crippen LogP contribution is 2.27. The molecule has 8 nitrogen and oxygen atoms in total. The smallest absolute Gasteiger partial charge is 0.410 e. The van der Waals surface area contributed by atoms with Crippen LogP contribution in [0.2, 0.25) is 0 Å². The summed E-state index contributed by atoms with van der Waals surface area (Å²) in [5.41, 5.74) is 10.0. The zero-order valence-electron chi connectivity index (χ0n) is 14.1. The number of primary amides is 1. The molecule has 1 saturated heterocycles. The lowest BCUT2D eigenvalue weighted by Gasteiger charge is -2.47. The molecule has 1 aromatic rings. The Kier molecular flexibility index (Phi) is 4.49. The third-order valence-electron chi connectivity index (χ3n) is 3.67. The largest absolute Gasteiger partial charge is 0.444 e. The molecular weight excluding hydrogens is 332 g/mol. The van der Waals surface area contributed by atoms with Gasteiger partial charge in [-0.1, -0.05) is 0 Å². The summed E-state index contributed by atoms with van der Waals surface area (Å²) in [6.07, 6.45) is -0.556. The summed E-state index contributed by atoms with van der Waals surface area (Å²) in [5.74, 6) is -1.19. The number of rotatable bonds is 3. The van der Waals surface area contributed by atoms with E-state index in [1.165, 1.54) is 16.2 Å². The van der Waals surface area contributed by atoms with Crippen LogP contribution in [0.5, 0.6) is 0 Å². The van der Waals surface area contributed by atoms with E-state index in [0.29, 0.717) is 11.3 Å². The van der Waals surface area contributed by atoms with E-state index in [-0.39, 0.29) is 13.1 Å². The Balaban J connectivity index is 2.07. The summed E-state index contributed by atoms with van der Waals surface area (Å²) in [4.78, 5) is 38.3. The molecule has 2 rings (SSSR count). The van der Waals surface area contributed by atoms with Crippen molar-refractivity contribution in [1.29, 1.82) is 0 Å². The number of aryl methyl sites for hydroxylation is 1. The number of nitrogens with zero attached hydrogens (tertiary/aromatic N) is 1. The van der Waals surface area contributed by atoms with Crippen LogP contribution in [0.15, 0.2) is 5.38 Å².